The van der Waals surface area contributed by atoms with Gasteiger partial charge in [-0.25, -0.2) is 0 Å². The Kier molecular flexibility index (Phi) is 27.1. The zero-order valence-electron chi connectivity index (χ0n) is 39.4. The molecule has 0 spiro atoms. The fourth-order valence-corrected chi connectivity index (χ4v) is 10.9. The van der Waals surface area contributed by atoms with E-state index in [9.17, 15) is 24.0 Å². The summed E-state index contributed by atoms with van der Waals surface area (Å²) in [5, 5.41) is 0. The highest BCUT2D eigenvalue weighted by molar-refractivity contribution is 6.12. The zero-order chi connectivity index (χ0) is 43.4. The largest absolute Gasteiger partial charge is 0.330 e. The Morgan fingerprint density at radius 1 is 0.517 bits per heavy atom. The highest BCUT2D eigenvalue weighted by atomic mass is 16.2. The number of imide groups is 2. The Morgan fingerprint density at radius 3 is 1.37 bits per heavy atom. The first-order valence-corrected chi connectivity index (χ1v) is 25.9. The number of carbonyl (C=O) groups is 5. The molecular weight excluding hydrogens is 747 g/mol. The second-order valence-corrected chi connectivity index (χ2v) is 19.2. The topological polar surface area (TPSA) is 95.1 Å². The molecule has 2 fully saturated rings. The summed E-state index contributed by atoms with van der Waals surface area (Å²) in [6.45, 7) is 9.91. The molecular formula is C52H91N3O5. The van der Waals surface area contributed by atoms with Gasteiger partial charge in [0.15, 0.2) is 0 Å². The minimum Gasteiger partial charge on any atom is -0.330 e. The summed E-state index contributed by atoms with van der Waals surface area (Å²) >= 11 is 0. The van der Waals surface area contributed by atoms with Crippen LogP contribution in [-0.2, 0) is 24.0 Å². The molecule has 2 heterocycles. The Balaban J connectivity index is 1.47. The molecule has 1 saturated carbocycles. The van der Waals surface area contributed by atoms with Gasteiger partial charge in [-0.2, -0.15) is 0 Å². The van der Waals surface area contributed by atoms with Gasteiger partial charge in [0.1, 0.15) is 6.04 Å². The molecule has 0 bridgehead atoms. The van der Waals surface area contributed by atoms with Crippen molar-refractivity contribution in [2.75, 3.05) is 19.6 Å². The molecule has 5 unspecified atom stereocenters. The average molecular weight is 838 g/mol. The van der Waals surface area contributed by atoms with Crippen molar-refractivity contribution < 1.29 is 24.0 Å². The van der Waals surface area contributed by atoms with E-state index >= 15 is 0 Å². The van der Waals surface area contributed by atoms with E-state index in [4.69, 9.17) is 0 Å². The molecule has 5 atom stereocenters. The van der Waals surface area contributed by atoms with Crippen LogP contribution in [0.5, 0.6) is 0 Å². The quantitative estimate of drug-likeness (QED) is 0.0463. The molecule has 344 valence electrons. The number of unbranched alkanes of at least 4 members (excludes halogenated alkanes) is 21. The summed E-state index contributed by atoms with van der Waals surface area (Å²) in [6, 6.07) is -0.614. The summed E-state index contributed by atoms with van der Waals surface area (Å²) in [7, 11) is 0. The van der Waals surface area contributed by atoms with Crippen molar-refractivity contribution in [3.8, 4) is 0 Å². The van der Waals surface area contributed by atoms with Crippen LogP contribution in [0.4, 0.5) is 0 Å². The van der Waals surface area contributed by atoms with Crippen molar-refractivity contribution in [2.45, 2.75) is 246 Å². The number of carbonyl (C=O) groups excluding carboxylic acids is 5. The van der Waals surface area contributed by atoms with Gasteiger partial charge in [-0.3, -0.25) is 33.8 Å². The van der Waals surface area contributed by atoms with Crippen LogP contribution in [-0.4, -0.2) is 69.9 Å². The van der Waals surface area contributed by atoms with Crippen LogP contribution < -0.4 is 0 Å². The monoisotopic (exact) mass is 838 g/mol. The van der Waals surface area contributed by atoms with E-state index in [0.29, 0.717) is 19.6 Å². The molecule has 0 aromatic rings. The van der Waals surface area contributed by atoms with Gasteiger partial charge in [-0.1, -0.05) is 181 Å². The van der Waals surface area contributed by atoms with Crippen molar-refractivity contribution in [1.82, 2.24) is 14.7 Å². The molecule has 8 nitrogen and oxygen atoms in total. The minimum absolute atomic E-state index is 0.107. The summed E-state index contributed by atoms with van der Waals surface area (Å²) in [5.74, 6) is 2.79. The molecule has 3 rings (SSSR count). The third kappa shape index (κ3) is 18.9. The van der Waals surface area contributed by atoms with Crippen LogP contribution in [0.1, 0.15) is 240 Å². The number of likely N-dealkylation sites (tertiary alicyclic amines) is 1. The molecule has 60 heavy (non-hydrogen) atoms. The normalized spacial score (nSPS) is 21.9. The number of nitrogens with zero attached hydrogens (tertiary/aromatic N) is 3. The maximum absolute atomic E-state index is 13.3. The molecule has 0 radical (unpaired) electrons. The Hall–Kier alpha value is -2.51. The molecule has 8 heteroatoms. The van der Waals surface area contributed by atoms with Crippen LogP contribution in [0.2, 0.25) is 0 Å². The maximum atomic E-state index is 13.3. The second-order valence-electron chi connectivity index (χ2n) is 19.2. The first-order chi connectivity index (χ1) is 29.2. The van der Waals surface area contributed by atoms with Crippen molar-refractivity contribution in [2.24, 2.45) is 23.7 Å². The number of hydrogen-bond acceptors (Lipinski definition) is 5. The smallest absolute Gasteiger partial charge is 0.253 e. The summed E-state index contributed by atoms with van der Waals surface area (Å²) in [4.78, 5) is 66.8. The van der Waals surface area contributed by atoms with Crippen LogP contribution in [0.3, 0.4) is 0 Å². The van der Waals surface area contributed by atoms with Crippen molar-refractivity contribution in [3.63, 3.8) is 0 Å². The van der Waals surface area contributed by atoms with E-state index in [1.165, 1.54) is 177 Å². The van der Waals surface area contributed by atoms with Crippen molar-refractivity contribution >= 4 is 29.5 Å². The van der Waals surface area contributed by atoms with E-state index in [-0.39, 0.29) is 36.0 Å². The van der Waals surface area contributed by atoms with Gasteiger partial charge in [0, 0.05) is 38.7 Å². The first-order valence-electron chi connectivity index (χ1n) is 25.9. The van der Waals surface area contributed by atoms with Crippen LogP contribution in [0.25, 0.3) is 0 Å². The Labute approximate surface area is 368 Å². The van der Waals surface area contributed by atoms with Gasteiger partial charge in [0.25, 0.3) is 17.7 Å². The fraction of sp³-hybridized carbons (Fsp3) is 0.865. The Bertz CT molecular complexity index is 1250. The van der Waals surface area contributed by atoms with Crippen LogP contribution in [0.15, 0.2) is 12.2 Å². The van der Waals surface area contributed by atoms with Gasteiger partial charge < -0.3 is 4.90 Å². The molecule has 1 aliphatic carbocycles. The predicted octanol–water partition coefficient (Wildman–Crippen LogP) is 12.9. The lowest BCUT2D eigenvalue weighted by Crippen LogP contribution is -2.45. The molecule has 3 aliphatic rings. The molecule has 0 aromatic heterocycles. The highest BCUT2D eigenvalue weighted by Crippen LogP contribution is 2.48. The molecule has 1 saturated heterocycles. The highest BCUT2D eigenvalue weighted by Gasteiger charge is 2.42. The zero-order valence-corrected chi connectivity index (χ0v) is 39.4. The first kappa shape index (κ1) is 51.8. The molecule has 5 amide bonds. The van der Waals surface area contributed by atoms with Gasteiger partial charge in [0.2, 0.25) is 11.8 Å². The molecule has 2 aliphatic heterocycles. The van der Waals surface area contributed by atoms with E-state index in [0.717, 1.165) is 81.5 Å². The standard InChI is InChI=1S/C52H91N3O5/c1-5-8-11-14-20-26-33-46-44(31-24-12-9-6-2)35-36-45(32-25-19-15-17-22-29-40-54-49(57)37-38-50(54)58)47(46)34-27-21-16-18-23-30-41-55-51(59)42-48(52(55)60)53(43(4)56)39-28-13-10-7-3/h37-38,44-48H,5-36,39-42H2,1-4H3. The third-order valence-electron chi connectivity index (χ3n) is 14.5. The van der Waals surface area contributed by atoms with E-state index in [1.807, 2.05) is 0 Å². The maximum Gasteiger partial charge on any atom is 0.253 e. The lowest BCUT2D eigenvalue weighted by molar-refractivity contribution is -0.143. The number of rotatable bonds is 36. The van der Waals surface area contributed by atoms with Gasteiger partial charge in [-0.15, -0.1) is 0 Å². The number of amides is 5. The second kappa shape index (κ2) is 31.3. The fourth-order valence-electron chi connectivity index (χ4n) is 10.9. The summed E-state index contributed by atoms with van der Waals surface area (Å²) in [5.41, 5.74) is 0. The van der Waals surface area contributed by atoms with Crippen molar-refractivity contribution in [1.29, 1.82) is 0 Å². The summed E-state index contributed by atoms with van der Waals surface area (Å²) in [6.07, 6.45) is 43.2. The number of hydrogen-bond donors (Lipinski definition) is 0. The van der Waals surface area contributed by atoms with E-state index < -0.39 is 6.04 Å². The molecule has 0 aromatic carbocycles. The van der Waals surface area contributed by atoms with Crippen LogP contribution in [0, 0.1) is 23.7 Å². The van der Waals surface area contributed by atoms with E-state index in [1.54, 1.807) is 4.90 Å². The SMILES string of the molecule is CCCCCCCCC1C(CCCCCC)CCC(CCCCCCCCN2C(=O)C=CC2=O)C1CCCCCCCCN1C(=O)CC(N(CCCCCC)C(C)=O)C1=O. The third-order valence-corrected chi connectivity index (χ3v) is 14.5. The van der Waals surface area contributed by atoms with E-state index in [2.05, 4.69) is 20.8 Å². The average Bonchev–Trinajstić information content (AvgIpc) is 3.71. The predicted molar refractivity (Wildman–Crippen MR) is 247 cm³/mol. The lowest BCUT2D eigenvalue weighted by atomic mass is 9.61. The van der Waals surface area contributed by atoms with Crippen molar-refractivity contribution in [3.05, 3.63) is 12.2 Å². The van der Waals surface area contributed by atoms with Gasteiger partial charge >= 0.3 is 0 Å². The minimum atomic E-state index is -0.614. The van der Waals surface area contributed by atoms with Crippen LogP contribution >= 0.6 is 0 Å². The van der Waals surface area contributed by atoms with Gasteiger partial charge in [0.05, 0.1) is 6.42 Å². The summed E-state index contributed by atoms with van der Waals surface area (Å²) < 4.78 is 0. The lowest BCUT2D eigenvalue weighted by Gasteiger charge is -2.44. The molecule has 0 N–H and O–H groups in total. The Morgan fingerprint density at radius 2 is 0.900 bits per heavy atom. The van der Waals surface area contributed by atoms with Gasteiger partial charge in [-0.05, 0) is 68.6 Å².